The third-order valence-corrected chi connectivity index (χ3v) is 3.49. The average molecular weight is 320 g/mol. The molecule has 0 atom stereocenters. The van der Waals surface area contributed by atoms with Gasteiger partial charge in [0.15, 0.2) is 0 Å². The number of anilines is 1. The molecule has 0 saturated heterocycles. The fourth-order valence-electron chi connectivity index (χ4n) is 1.71. The molecule has 2 rings (SSSR count). The maximum absolute atomic E-state index is 12.2. The van der Waals surface area contributed by atoms with Gasteiger partial charge in [-0.2, -0.15) is 0 Å². The van der Waals surface area contributed by atoms with Crippen molar-refractivity contribution in [1.82, 2.24) is 9.88 Å². The zero-order valence-electron chi connectivity index (χ0n) is 10.5. The van der Waals surface area contributed by atoms with Crippen LogP contribution >= 0.6 is 15.9 Å². The van der Waals surface area contributed by atoms with Crippen molar-refractivity contribution in [2.45, 2.75) is 6.54 Å². The van der Waals surface area contributed by atoms with Gasteiger partial charge in [0.1, 0.15) is 5.69 Å². The molecule has 0 aliphatic rings. The Morgan fingerprint density at radius 1 is 1.37 bits per heavy atom. The molecule has 0 unspecified atom stereocenters. The van der Waals surface area contributed by atoms with Crippen LogP contribution in [0.3, 0.4) is 0 Å². The van der Waals surface area contributed by atoms with Crippen LogP contribution in [0.1, 0.15) is 16.1 Å². The second-order valence-electron chi connectivity index (χ2n) is 4.23. The zero-order valence-corrected chi connectivity index (χ0v) is 12.1. The molecule has 1 aromatic heterocycles. The highest BCUT2D eigenvalue weighted by molar-refractivity contribution is 9.10. The van der Waals surface area contributed by atoms with Crippen LogP contribution in [0.4, 0.5) is 5.69 Å². The summed E-state index contributed by atoms with van der Waals surface area (Å²) < 4.78 is 0.982. The summed E-state index contributed by atoms with van der Waals surface area (Å²) in [4.78, 5) is 17.9. The Hall–Kier alpha value is -1.88. The fraction of sp³-hybridized carbons (Fsp3) is 0.143. The van der Waals surface area contributed by atoms with Crippen molar-refractivity contribution in [3.8, 4) is 0 Å². The summed E-state index contributed by atoms with van der Waals surface area (Å²) in [6, 6.07) is 11.0. The van der Waals surface area contributed by atoms with E-state index in [0.717, 1.165) is 10.0 Å². The van der Waals surface area contributed by atoms with E-state index >= 15 is 0 Å². The number of halogens is 1. The Labute approximate surface area is 120 Å². The first-order valence-electron chi connectivity index (χ1n) is 5.78. The van der Waals surface area contributed by atoms with E-state index in [-0.39, 0.29) is 5.91 Å². The van der Waals surface area contributed by atoms with Gasteiger partial charge in [0, 0.05) is 29.9 Å². The second kappa shape index (κ2) is 5.84. The first kappa shape index (κ1) is 13.5. The van der Waals surface area contributed by atoms with Crippen molar-refractivity contribution in [3.63, 3.8) is 0 Å². The maximum atomic E-state index is 12.2. The van der Waals surface area contributed by atoms with Crippen LogP contribution in [-0.4, -0.2) is 22.8 Å². The van der Waals surface area contributed by atoms with Crippen molar-refractivity contribution in [1.29, 1.82) is 0 Å². The van der Waals surface area contributed by atoms with Gasteiger partial charge in [-0.25, -0.2) is 0 Å². The molecular weight excluding hydrogens is 306 g/mol. The molecule has 2 N–H and O–H groups in total. The largest absolute Gasteiger partial charge is 0.399 e. The Morgan fingerprint density at radius 3 is 2.79 bits per heavy atom. The summed E-state index contributed by atoms with van der Waals surface area (Å²) in [7, 11) is 1.74. The highest BCUT2D eigenvalue weighted by Crippen LogP contribution is 2.18. The molecule has 1 heterocycles. The van der Waals surface area contributed by atoms with Crippen LogP contribution in [0.5, 0.6) is 0 Å². The van der Waals surface area contributed by atoms with E-state index in [4.69, 9.17) is 5.73 Å². The monoisotopic (exact) mass is 319 g/mol. The quantitative estimate of drug-likeness (QED) is 0.946. The molecule has 19 heavy (non-hydrogen) atoms. The number of pyridine rings is 1. The molecule has 0 bridgehead atoms. The van der Waals surface area contributed by atoms with Crippen LogP contribution in [0.2, 0.25) is 0 Å². The predicted octanol–water partition coefficient (Wildman–Crippen LogP) is 2.70. The van der Waals surface area contributed by atoms with Crippen molar-refractivity contribution in [3.05, 3.63) is 58.3 Å². The lowest BCUT2D eigenvalue weighted by atomic mass is 10.2. The molecule has 0 saturated carbocycles. The number of nitrogen functional groups attached to an aromatic ring is 1. The van der Waals surface area contributed by atoms with E-state index < -0.39 is 0 Å². The van der Waals surface area contributed by atoms with E-state index in [1.807, 2.05) is 24.3 Å². The van der Waals surface area contributed by atoms with Gasteiger partial charge >= 0.3 is 0 Å². The van der Waals surface area contributed by atoms with Crippen molar-refractivity contribution in [2.24, 2.45) is 0 Å². The van der Waals surface area contributed by atoms with Crippen molar-refractivity contribution in [2.75, 3.05) is 12.8 Å². The third-order valence-electron chi connectivity index (χ3n) is 2.72. The molecule has 0 spiro atoms. The Kier molecular flexibility index (Phi) is 4.16. The smallest absolute Gasteiger partial charge is 0.272 e. The molecule has 2 aromatic rings. The lowest BCUT2D eigenvalue weighted by molar-refractivity contribution is 0.0779. The van der Waals surface area contributed by atoms with E-state index in [2.05, 4.69) is 20.9 Å². The first-order valence-corrected chi connectivity index (χ1v) is 6.57. The standard InChI is InChI=1S/C14H14BrN3O/c1-18(9-10-4-2-3-5-12(10)15)14(19)13-8-11(16)6-7-17-13/h2-8H,9H2,1H3,(H2,16,17). The van der Waals surface area contributed by atoms with Gasteiger partial charge in [-0.15, -0.1) is 0 Å². The minimum absolute atomic E-state index is 0.150. The summed E-state index contributed by atoms with van der Waals surface area (Å²) in [5, 5.41) is 0. The maximum Gasteiger partial charge on any atom is 0.272 e. The Bertz CT molecular complexity index is 601. The molecule has 1 amide bonds. The van der Waals surface area contributed by atoms with Crippen LogP contribution in [-0.2, 0) is 6.54 Å². The molecule has 0 aliphatic heterocycles. The van der Waals surface area contributed by atoms with Gasteiger partial charge in [0.05, 0.1) is 0 Å². The SMILES string of the molecule is CN(Cc1ccccc1Br)C(=O)c1cc(N)ccn1. The number of carbonyl (C=O) groups is 1. The number of nitrogens with zero attached hydrogens (tertiary/aromatic N) is 2. The lowest BCUT2D eigenvalue weighted by Crippen LogP contribution is -2.27. The second-order valence-corrected chi connectivity index (χ2v) is 5.08. The minimum atomic E-state index is -0.150. The van der Waals surface area contributed by atoms with Gasteiger partial charge in [0.2, 0.25) is 0 Å². The summed E-state index contributed by atoms with van der Waals surface area (Å²) in [5.74, 6) is -0.150. The number of hydrogen-bond acceptors (Lipinski definition) is 3. The van der Waals surface area contributed by atoms with Crippen molar-refractivity contribution >= 4 is 27.5 Å². The fourth-order valence-corrected chi connectivity index (χ4v) is 2.12. The van der Waals surface area contributed by atoms with Crippen LogP contribution in [0.25, 0.3) is 0 Å². The Morgan fingerprint density at radius 2 is 2.11 bits per heavy atom. The summed E-state index contributed by atoms with van der Waals surface area (Å²) in [6.45, 7) is 0.511. The molecule has 5 heteroatoms. The van der Waals surface area contributed by atoms with E-state index in [1.54, 1.807) is 24.1 Å². The number of carbonyl (C=O) groups excluding carboxylic acids is 1. The van der Waals surface area contributed by atoms with Gasteiger partial charge in [0.25, 0.3) is 5.91 Å². The number of nitrogens with two attached hydrogens (primary N) is 1. The van der Waals surface area contributed by atoms with Crippen LogP contribution in [0, 0.1) is 0 Å². The molecule has 0 radical (unpaired) electrons. The number of aromatic nitrogens is 1. The van der Waals surface area contributed by atoms with Gasteiger partial charge < -0.3 is 10.6 Å². The molecule has 0 aliphatic carbocycles. The highest BCUT2D eigenvalue weighted by Gasteiger charge is 2.14. The molecule has 98 valence electrons. The number of amides is 1. The highest BCUT2D eigenvalue weighted by atomic mass is 79.9. The van der Waals surface area contributed by atoms with E-state index in [1.165, 1.54) is 6.20 Å². The summed E-state index contributed by atoms with van der Waals surface area (Å²) in [5.41, 5.74) is 7.59. The van der Waals surface area contributed by atoms with E-state index in [9.17, 15) is 4.79 Å². The first-order chi connectivity index (χ1) is 9.08. The normalized spacial score (nSPS) is 10.2. The minimum Gasteiger partial charge on any atom is -0.399 e. The van der Waals surface area contributed by atoms with Crippen LogP contribution in [0.15, 0.2) is 47.1 Å². The van der Waals surface area contributed by atoms with Crippen LogP contribution < -0.4 is 5.73 Å². The molecular formula is C14H14BrN3O. The predicted molar refractivity (Wildman–Crippen MR) is 78.6 cm³/mol. The van der Waals surface area contributed by atoms with Gasteiger partial charge in [-0.1, -0.05) is 34.1 Å². The van der Waals surface area contributed by atoms with E-state index in [0.29, 0.717) is 17.9 Å². The number of benzene rings is 1. The molecule has 4 nitrogen and oxygen atoms in total. The lowest BCUT2D eigenvalue weighted by Gasteiger charge is -2.17. The summed E-state index contributed by atoms with van der Waals surface area (Å²) in [6.07, 6.45) is 1.54. The zero-order chi connectivity index (χ0) is 13.8. The van der Waals surface area contributed by atoms with Crippen molar-refractivity contribution < 1.29 is 4.79 Å². The Balaban J connectivity index is 2.14. The third kappa shape index (κ3) is 3.32. The number of hydrogen-bond donors (Lipinski definition) is 1. The number of rotatable bonds is 3. The van der Waals surface area contributed by atoms with Gasteiger partial charge in [-0.3, -0.25) is 9.78 Å². The average Bonchev–Trinajstić information content (AvgIpc) is 2.40. The summed E-state index contributed by atoms with van der Waals surface area (Å²) >= 11 is 3.47. The van der Waals surface area contributed by atoms with Gasteiger partial charge in [-0.05, 0) is 23.8 Å². The molecule has 0 fully saturated rings. The topological polar surface area (TPSA) is 59.2 Å². The molecule has 1 aromatic carbocycles.